The highest BCUT2D eigenvalue weighted by Crippen LogP contribution is 2.42. The Balaban J connectivity index is 0.000000201. The van der Waals surface area contributed by atoms with Crippen molar-refractivity contribution in [2.75, 3.05) is 63.1 Å². The Labute approximate surface area is 404 Å². The highest BCUT2D eigenvalue weighted by atomic mass is 16.3. The molecule has 2 aliphatic carbocycles. The zero-order valence-corrected chi connectivity index (χ0v) is 41.3. The van der Waals surface area contributed by atoms with Crippen molar-refractivity contribution in [3.63, 3.8) is 0 Å². The number of carbonyl (C=O) groups is 2. The fourth-order valence-electron chi connectivity index (χ4n) is 9.75. The molecule has 3 atom stereocenters. The molecule has 6 N–H and O–H groups in total. The first kappa shape index (κ1) is 50.1. The van der Waals surface area contributed by atoms with Crippen LogP contribution in [0.3, 0.4) is 0 Å². The van der Waals surface area contributed by atoms with E-state index in [0.717, 1.165) is 113 Å². The quantitative estimate of drug-likeness (QED) is 0.0770. The Morgan fingerprint density at radius 1 is 0.779 bits per heavy atom. The van der Waals surface area contributed by atoms with Crippen molar-refractivity contribution in [1.82, 2.24) is 40.0 Å². The number of imidazole rings is 2. The first-order chi connectivity index (χ1) is 32.5. The third-order valence-electron chi connectivity index (χ3n) is 14.1. The molecule has 2 aromatic carbocycles. The van der Waals surface area contributed by atoms with Gasteiger partial charge in [-0.1, -0.05) is 63.8 Å². The van der Waals surface area contributed by atoms with E-state index >= 15 is 0 Å². The summed E-state index contributed by atoms with van der Waals surface area (Å²) < 4.78 is 0. The van der Waals surface area contributed by atoms with Crippen molar-refractivity contribution >= 4 is 34.3 Å². The normalized spacial score (nSPS) is 21.2. The SMILES string of the molecule is C#Cc1cnc(C(=O)Nc2ccc(C(C)N3C[C@@H](C)N[C@@H](C)C3)cc2C2=CCC(C)(C)CC2)[nH]1.C#Cc1cnc(C(=O)Nc2ccc(CN3CCN(CCO)CC3)cc2C2=CCC(C)(C)CC2)[nH]1. The molecule has 2 aromatic heterocycles. The number of anilines is 2. The lowest BCUT2D eigenvalue weighted by molar-refractivity contribution is 0.101. The number of hydrogen-bond donors (Lipinski definition) is 6. The molecule has 2 aliphatic heterocycles. The third-order valence-corrected chi connectivity index (χ3v) is 14.1. The maximum Gasteiger partial charge on any atom is 0.291 e. The molecule has 360 valence electrons. The summed E-state index contributed by atoms with van der Waals surface area (Å²) in [5, 5.41) is 18.9. The maximum atomic E-state index is 12.9. The van der Waals surface area contributed by atoms with E-state index in [4.69, 9.17) is 12.8 Å². The van der Waals surface area contributed by atoms with Gasteiger partial charge in [0.1, 0.15) is 11.4 Å². The largest absolute Gasteiger partial charge is 0.395 e. The van der Waals surface area contributed by atoms with Crippen LogP contribution in [-0.4, -0.2) is 116 Å². The number of nitrogens with zero attached hydrogens (tertiary/aromatic N) is 5. The molecule has 4 heterocycles. The Morgan fingerprint density at radius 3 is 1.75 bits per heavy atom. The van der Waals surface area contributed by atoms with Crippen LogP contribution in [0.2, 0.25) is 0 Å². The van der Waals surface area contributed by atoms with E-state index < -0.39 is 0 Å². The number of rotatable bonds is 12. The molecule has 0 saturated carbocycles. The van der Waals surface area contributed by atoms with E-state index in [1.807, 2.05) is 12.1 Å². The number of hydrogen-bond acceptors (Lipinski definition) is 9. The van der Waals surface area contributed by atoms with Crippen LogP contribution < -0.4 is 16.0 Å². The number of terminal acetylenes is 2. The van der Waals surface area contributed by atoms with E-state index in [9.17, 15) is 14.7 Å². The molecule has 0 spiro atoms. The molecule has 0 bridgehead atoms. The Morgan fingerprint density at radius 2 is 1.28 bits per heavy atom. The number of H-pyrrole nitrogens is 2. The molecule has 0 radical (unpaired) electrons. The summed E-state index contributed by atoms with van der Waals surface area (Å²) in [6.45, 7) is 23.8. The molecule has 8 rings (SSSR count). The predicted molar refractivity (Wildman–Crippen MR) is 274 cm³/mol. The molecule has 13 nitrogen and oxygen atoms in total. The number of aliphatic hydroxyl groups excluding tert-OH is 1. The Hall–Kier alpha value is -5.80. The standard InChI is InChI=1S/C28H37N5O.C27H35N5O2/c1-7-23-15-29-26(31-23)27(34)32-25-9-8-22(20(4)33-16-18(2)30-19(3)17-33)14-24(25)21-10-12-28(5,6)13-11-21;1-4-22-18-28-25(29-22)26(34)30-24-6-5-20(19-32-13-11-31(12-14-32)15-16-33)17-23(24)21-7-9-27(2,3)10-8-21/h1,8-10,14-15,18-20,30H,11-13,16-17H2,2-6H3,(H,29,31)(H,32,34);1,5-7,17-18,33H,8-16,19H2,2-3H3,(H,28,29)(H,30,34)/t18-,19+,20?;. The number of benzene rings is 2. The second-order valence-corrected chi connectivity index (χ2v) is 20.8. The lowest BCUT2D eigenvalue weighted by Gasteiger charge is -2.40. The first-order valence-electron chi connectivity index (χ1n) is 24.4. The fraction of sp³-hybridized carbons (Fsp3) is 0.491. The number of piperazine rings is 2. The zero-order chi connectivity index (χ0) is 48.6. The van der Waals surface area contributed by atoms with E-state index in [1.54, 1.807) is 0 Å². The Bertz CT molecular complexity index is 2550. The highest BCUT2D eigenvalue weighted by Gasteiger charge is 2.29. The minimum absolute atomic E-state index is 0.211. The van der Waals surface area contributed by atoms with Gasteiger partial charge in [0, 0.05) is 93.0 Å². The minimum Gasteiger partial charge on any atom is -0.395 e. The molecule has 2 fully saturated rings. The van der Waals surface area contributed by atoms with Crippen LogP contribution in [-0.2, 0) is 6.54 Å². The molecule has 2 saturated heterocycles. The van der Waals surface area contributed by atoms with Crippen molar-refractivity contribution in [3.8, 4) is 24.7 Å². The number of aromatic nitrogens is 4. The van der Waals surface area contributed by atoms with Crippen molar-refractivity contribution in [3.05, 3.63) is 106 Å². The number of β-amino-alcohol motifs (C(OH)–C–C–N with tert-alkyl or cyclic N) is 1. The first-order valence-corrected chi connectivity index (χ1v) is 24.4. The molecule has 4 aromatic rings. The lowest BCUT2D eigenvalue weighted by atomic mass is 9.76. The third kappa shape index (κ3) is 13.0. The summed E-state index contributed by atoms with van der Waals surface area (Å²) in [7, 11) is 0. The Kier molecular flexibility index (Phi) is 16.3. The molecule has 1 unspecified atom stereocenters. The number of nitrogens with one attached hydrogen (secondary N) is 5. The van der Waals surface area contributed by atoms with E-state index in [2.05, 4.69) is 147 Å². The molecule has 68 heavy (non-hydrogen) atoms. The topological polar surface area (TPSA) is 158 Å². The number of allylic oxidation sites excluding steroid dienone is 4. The zero-order valence-electron chi connectivity index (χ0n) is 41.3. The average Bonchev–Trinajstić information content (AvgIpc) is 4.02. The van der Waals surface area contributed by atoms with Crippen LogP contribution >= 0.6 is 0 Å². The minimum atomic E-state index is -0.299. The molecular formula is C55H72N10O3. The molecule has 2 amide bonds. The molecule has 13 heteroatoms. The van der Waals surface area contributed by atoms with Gasteiger partial charge in [0.05, 0.1) is 19.0 Å². The van der Waals surface area contributed by atoms with Crippen LogP contribution in [0.25, 0.3) is 11.1 Å². The van der Waals surface area contributed by atoms with Crippen LogP contribution in [0.1, 0.15) is 148 Å². The number of aromatic amines is 2. The van der Waals surface area contributed by atoms with Crippen LogP contribution in [0, 0.1) is 35.5 Å². The predicted octanol–water partition coefficient (Wildman–Crippen LogP) is 8.33. The number of carbonyl (C=O) groups excluding carboxylic acids is 2. The van der Waals surface area contributed by atoms with Crippen molar-refractivity contribution in [1.29, 1.82) is 0 Å². The van der Waals surface area contributed by atoms with E-state index in [0.29, 0.717) is 40.3 Å². The van der Waals surface area contributed by atoms with Gasteiger partial charge in [-0.15, -0.1) is 12.8 Å². The van der Waals surface area contributed by atoms with Gasteiger partial charge < -0.3 is 31.0 Å². The fourth-order valence-corrected chi connectivity index (χ4v) is 9.75. The summed E-state index contributed by atoms with van der Waals surface area (Å²) in [6.07, 6.45) is 24.8. The van der Waals surface area contributed by atoms with Gasteiger partial charge in [0.2, 0.25) is 0 Å². The summed E-state index contributed by atoms with van der Waals surface area (Å²) in [6, 6.07) is 14.0. The number of aliphatic hydroxyl groups is 1. The van der Waals surface area contributed by atoms with Gasteiger partial charge in [-0.05, 0) is 117 Å². The van der Waals surface area contributed by atoms with Gasteiger partial charge in [0.25, 0.3) is 11.8 Å². The van der Waals surface area contributed by atoms with Crippen molar-refractivity contribution < 1.29 is 14.7 Å². The second kappa shape index (κ2) is 22.1. The van der Waals surface area contributed by atoms with Crippen LogP contribution in [0.4, 0.5) is 11.4 Å². The highest BCUT2D eigenvalue weighted by molar-refractivity contribution is 6.04. The van der Waals surface area contributed by atoms with E-state index in [1.165, 1.54) is 34.7 Å². The lowest BCUT2D eigenvalue weighted by Crippen LogP contribution is -2.54. The van der Waals surface area contributed by atoms with Crippen molar-refractivity contribution in [2.24, 2.45) is 10.8 Å². The van der Waals surface area contributed by atoms with Gasteiger partial charge >= 0.3 is 0 Å². The second-order valence-electron chi connectivity index (χ2n) is 20.8. The summed E-state index contributed by atoms with van der Waals surface area (Å²) >= 11 is 0. The van der Waals surface area contributed by atoms with Gasteiger partial charge in [-0.25, -0.2) is 9.97 Å². The molecular weight excluding hydrogens is 849 g/mol. The average molecular weight is 921 g/mol. The van der Waals surface area contributed by atoms with Gasteiger partial charge in [-0.3, -0.25) is 24.3 Å². The summed E-state index contributed by atoms with van der Waals surface area (Å²) in [5.41, 5.74) is 10.5. The van der Waals surface area contributed by atoms with Crippen LogP contribution in [0.5, 0.6) is 0 Å². The number of amides is 2. The smallest absolute Gasteiger partial charge is 0.291 e. The maximum absolute atomic E-state index is 12.9. The van der Waals surface area contributed by atoms with Gasteiger partial charge in [0.15, 0.2) is 11.6 Å². The monoisotopic (exact) mass is 921 g/mol. The molecule has 4 aliphatic rings. The summed E-state index contributed by atoms with van der Waals surface area (Å²) in [4.78, 5) is 47.0. The van der Waals surface area contributed by atoms with Gasteiger partial charge in [-0.2, -0.15) is 0 Å². The van der Waals surface area contributed by atoms with E-state index in [-0.39, 0.29) is 30.1 Å². The van der Waals surface area contributed by atoms with Crippen LogP contribution in [0.15, 0.2) is 60.9 Å². The summed E-state index contributed by atoms with van der Waals surface area (Å²) in [5.74, 6) is 4.79. The van der Waals surface area contributed by atoms with Crippen molar-refractivity contribution in [2.45, 2.75) is 112 Å².